The predicted octanol–water partition coefficient (Wildman–Crippen LogP) is 4.10. The van der Waals surface area contributed by atoms with Crippen molar-refractivity contribution >= 4 is 22.6 Å². The minimum Gasteiger partial charge on any atom is -0.497 e. The van der Waals surface area contributed by atoms with Crippen LogP contribution in [0, 0.1) is 0 Å². The molecule has 1 aliphatic rings. The van der Waals surface area contributed by atoms with Crippen LogP contribution in [0.2, 0.25) is 0 Å². The first kappa shape index (κ1) is 16.4. The van der Waals surface area contributed by atoms with Crippen molar-refractivity contribution in [3.8, 4) is 5.75 Å². The molecule has 5 nitrogen and oxygen atoms in total. The van der Waals surface area contributed by atoms with Crippen LogP contribution < -0.4 is 15.4 Å². The van der Waals surface area contributed by atoms with E-state index in [1.54, 1.807) is 13.3 Å². The van der Waals surface area contributed by atoms with Crippen LogP contribution in [0.25, 0.3) is 10.9 Å². The van der Waals surface area contributed by atoms with Gasteiger partial charge in [-0.3, -0.25) is 4.98 Å². The topological polar surface area (TPSA) is 63.2 Å². The number of pyridine rings is 1. The molecule has 26 heavy (non-hydrogen) atoms. The van der Waals surface area contributed by atoms with Crippen LogP contribution in [0.4, 0.5) is 10.5 Å². The molecule has 0 aliphatic heterocycles. The number of methoxy groups -OCH3 is 1. The fourth-order valence-corrected chi connectivity index (χ4v) is 3.28. The average Bonchev–Trinajstić information content (AvgIpc) is 3.48. The highest BCUT2D eigenvalue weighted by Crippen LogP contribution is 2.47. The number of nitrogens with zero attached hydrogens (tertiary/aromatic N) is 1. The Hall–Kier alpha value is -3.08. The number of urea groups is 1. The maximum absolute atomic E-state index is 12.4. The number of ether oxygens (including phenoxy) is 1. The number of rotatable bonds is 5. The number of hydrogen-bond donors (Lipinski definition) is 2. The monoisotopic (exact) mass is 347 g/mol. The van der Waals surface area contributed by atoms with Crippen LogP contribution in [0.5, 0.6) is 5.75 Å². The lowest BCUT2D eigenvalue weighted by Crippen LogP contribution is -2.35. The van der Waals surface area contributed by atoms with E-state index >= 15 is 0 Å². The quantitative estimate of drug-likeness (QED) is 0.730. The number of aromatic nitrogens is 1. The van der Waals surface area contributed by atoms with Crippen LogP contribution in [0.3, 0.4) is 0 Å². The van der Waals surface area contributed by atoms with Crippen LogP contribution >= 0.6 is 0 Å². The summed E-state index contributed by atoms with van der Waals surface area (Å²) in [6, 6.07) is 17.5. The second-order valence-corrected chi connectivity index (χ2v) is 6.70. The molecule has 1 saturated carbocycles. The van der Waals surface area contributed by atoms with E-state index in [1.807, 2.05) is 42.5 Å². The molecule has 1 aromatic heterocycles. The Morgan fingerprint density at radius 2 is 1.88 bits per heavy atom. The Morgan fingerprint density at radius 1 is 1.12 bits per heavy atom. The lowest BCUT2D eigenvalue weighted by atomic mass is 9.96. The summed E-state index contributed by atoms with van der Waals surface area (Å²) in [6.45, 7) is 0.614. The largest absolute Gasteiger partial charge is 0.497 e. The van der Waals surface area contributed by atoms with Crippen molar-refractivity contribution < 1.29 is 9.53 Å². The molecule has 0 spiro atoms. The molecule has 1 aliphatic carbocycles. The van der Waals surface area contributed by atoms with Gasteiger partial charge in [0.25, 0.3) is 0 Å². The minimum atomic E-state index is -0.206. The molecular weight excluding hydrogens is 326 g/mol. The third kappa shape index (κ3) is 3.20. The number of nitrogens with one attached hydrogen (secondary N) is 2. The lowest BCUT2D eigenvalue weighted by Gasteiger charge is -2.17. The predicted molar refractivity (Wildman–Crippen MR) is 103 cm³/mol. The molecule has 3 aromatic rings. The Kier molecular flexibility index (Phi) is 4.21. The Balaban J connectivity index is 1.42. The van der Waals surface area contributed by atoms with Gasteiger partial charge in [0.2, 0.25) is 0 Å². The van der Waals surface area contributed by atoms with Gasteiger partial charge in [0, 0.05) is 23.5 Å². The average molecular weight is 347 g/mol. The normalized spacial score (nSPS) is 14.7. The first-order valence-electron chi connectivity index (χ1n) is 8.73. The van der Waals surface area contributed by atoms with Crippen molar-refractivity contribution in [3.63, 3.8) is 0 Å². The molecule has 0 saturated heterocycles. The SMILES string of the molecule is COc1ccc(C2(CNC(=O)Nc3cccc4cccnc34)CC2)cc1. The van der Waals surface area contributed by atoms with E-state index in [9.17, 15) is 4.79 Å². The number of para-hydroxylation sites is 1. The van der Waals surface area contributed by atoms with Crippen molar-refractivity contribution in [2.45, 2.75) is 18.3 Å². The number of anilines is 1. The van der Waals surface area contributed by atoms with Crippen LogP contribution in [0.1, 0.15) is 18.4 Å². The molecule has 2 amide bonds. The van der Waals surface area contributed by atoms with E-state index in [1.165, 1.54) is 5.56 Å². The summed E-state index contributed by atoms with van der Waals surface area (Å²) in [6.07, 6.45) is 3.89. The summed E-state index contributed by atoms with van der Waals surface area (Å²) in [5.74, 6) is 0.846. The number of hydrogen-bond acceptors (Lipinski definition) is 3. The van der Waals surface area contributed by atoms with Gasteiger partial charge >= 0.3 is 6.03 Å². The van der Waals surface area contributed by atoms with Crippen molar-refractivity contribution in [3.05, 3.63) is 66.4 Å². The molecular formula is C21H21N3O2. The Bertz CT molecular complexity index is 928. The van der Waals surface area contributed by atoms with E-state index in [0.717, 1.165) is 35.2 Å². The van der Waals surface area contributed by atoms with Gasteiger partial charge in [-0.05, 0) is 42.7 Å². The smallest absolute Gasteiger partial charge is 0.319 e. The number of benzene rings is 2. The van der Waals surface area contributed by atoms with E-state index < -0.39 is 0 Å². The Morgan fingerprint density at radius 3 is 2.62 bits per heavy atom. The third-order valence-corrected chi connectivity index (χ3v) is 5.02. The highest BCUT2D eigenvalue weighted by molar-refractivity contribution is 5.99. The lowest BCUT2D eigenvalue weighted by molar-refractivity contribution is 0.251. The third-order valence-electron chi connectivity index (χ3n) is 5.02. The minimum absolute atomic E-state index is 0.0423. The zero-order chi connectivity index (χ0) is 18.0. The number of carbonyl (C=O) groups is 1. The van der Waals surface area contributed by atoms with E-state index in [-0.39, 0.29) is 11.4 Å². The highest BCUT2D eigenvalue weighted by Gasteiger charge is 2.44. The first-order valence-corrected chi connectivity index (χ1v) is 8.73. The van der Waals surface area contributed by atoms with Crippen LogP contribution in [0.15, 0.2) is 60.8 Å². The summed E-state index contributed by atoms with van der Waals surface area (Å²) in [5, 5.41) is 6.94. The molecule has 0 unspecified atom stereocenters. The fourth-order valence-electron chi connectivity index (χ4n) is 3.28. The maximum Gasteiger partial charge on any atom is 0.319 e. The van der Waals surface area contributed by atoms with Gasteiger partial charge in [0.05, 0.1) is 18.3 Å². The second kappa shape index (κ2) is 6.67. The number of carbonyl (C=O) groups excluding carboxylic acids is 1. The van der Waals surface area contributed by atoms with Gasteiger partial charge in [-0.15, -0.1) is 0 Å². The molecule has 5 heteroatoms. The summed E-state index contributed by atoms with van der Waals surface area (Å²) in [5.41, 5.74) is 2.79. The van der Waals surface area contributed by atoms with Gasteiger partial charge in [0.1, 0.15) is 5.75 Å². The van der Waals surface area contributed by atoms with Gasteiger partial charge < -0.3 is 15.4 Å². The fraction of sp³-hybridized carbons (Fsp3) is 0.238. The van der Waals surface area contributed by atoms with E-state index in [2.05, 4.69) is 27.8 Å². The van der Waals surface area contributed by atoms with Crippen molar-refractivity contribution in [2.75, 3.05) is 19.0 Å². The molecule has 1 fully saturated rings. The van der Waals surface area contributed by atoms with Gasteiger partial charge in [-0.1, -0.05) is 30.3 Å². The van der Waals surface area contributed by atoms with Gasteiger partial charge in [0.15, 0.2) is 0 Å². The van der Waals surface area contributed by atoms with Crippen LogP contribution in [-0.4, -0.2) is 24.7 Å². The van der Waals surface area contributed by atoms with Crippen molar-refractivity contribution in [1.82, 2.24) is 10.3 Å². The number of fused-ring (bicyclic) bond motifs is 1. The first-order chi connectivity index (χ1) is 12.7. The van der Waals surface area contributed by atoms with Crippen LogP contribution in [-0.2, 0) is 5.41 Å². The molecule has 0 radical (unpaired) electrons. The summed E-state index contributed by atoms with van der Waals surface area (Å²) in [4.78, 5) is 16.8. The maximum atomic E-state index is 12.4. The molecule has 1 heterocycles. The molecule has 2 aromatic carbocycles. The zero-order valence-electron chi connectivity index (χ0n) is 14.7. The highest BCUT2D eigenvalue weighted by atomic mass is 16.5. The standard InChI is InChI=1S/C21H21N3O2/c1-26-17-9-7-16(8-10-17)21(11-12-21)14-23-20(25)24-18-6-2-4-15-5-3-13-22-19(15)18/h2-10,13H,11-12,14H2,1H3,(H2,23,24,25). The van der Waals surface area contributed by atoms with E-state index in [4.69, 9.17) is 4.74 Å². The molecule has 0 bridgehead atoms. The molecule has 2 N–H and O–H groups in total. The zero-order valence-corrected chi connectivity index (χ0v) is 14.7. The van der Waals surface area contributed by atoms with Crippen molar-refractivity contribution in [1.29, 1.82) is 0 Å². The second-order valence-electron chi connectivity index (χ2n) is 6.70. The van der Waals surface area contributed by atoms with Crippen molar-refractivity contribution in [2.24, 2.45) is 0 Å². The van der Waals surface area contributed by atoms with Gasteiger partial charge in [-0.25, -0.2) is 4.79 Å². The van der Waals surface area contributed by atoms with E-state index in [0.29, 0.717) is 6.54 Å². The molecule has 0 atom stereocenters. The van der Waals surface area contributed by atoms with Gasteiger partial charge in [-0.2, -0.15) is 0 Å². The summed E-state index contributed by atoms with van der Waals surface area (Å²) >= 11 is 0. The molecule has 4 rings (SSSR count). The summed E-state index contributed by atoms with van der Waals surface area (Å²) in [7, 11) is 1.66. The summed E-state index contributed by atoms with van der Waals surface area (Å²) < 4.78 is 5.22. The number of amides is 2. The Labute approximate surface area is 152 Å². The molecule has 132 valence electrons.